The highest BCUT2D eigenvalue weighted by atomic mass is 16.2. The van der Waals surface area contributed by atoms with Crippen molar-refractivity contribution in [3.8, 4) is 0 Å². The van der Waals surface area contributed by atoms with E-state index in [-0.39, 0.29) is 23.8 Å². The van der Waals surface area contributed by atoms with Crippen LogP contribution in [0.25, 0.3) is 10.8 Å². The van der Waals surface area contributed by atoms with Crippen LogP contribution in [0.2, 0.25) is 0 Å². The molecule has 1 N–H and O–H groups in total. The number of carbonyl (C=O) groups is 3. The third-order valence-electron chi connectivity index (χ3n) is 7.90. The lowest BCUT2D eigenvalue weighted by Crippen LogP contribution is -2.48. The molecule has 1 saturated carbocycles. The van der Waals surface area contributed by atoms with E-state index < -0.39 is 0 Å². The SMILES string of the molecule is CCc1ccc2c3c(ccc(C(=O)NCCc4cccc(C)c4)c13)C(=O)N(C1CCC(C)CC1)C2=O. The Kier molecular flexibility index (Phi) is 6.65. The Morgan fingerprint density at radius 2 is 1.64 bits per heavy atom. The second-order valence-electron chi connectivity index (χ2n) is 10.4. The van der Waals surface area contributed by atoms with Crippen molar-refractivity contribution in [1.29, 1.82) is 0 Å². The van der Waals surface area contributed by atoms with Gasteiger partial charge in [0.1, 0.15) is 0 Å². The van der Waals surface area contributed by atoms with Crippen molar-refractivity contribution in [2.75, 3.05) is 6.54 Å². The van der Waals surface area contributed by atoms with Crippen LogP contribution in [0.3, 0.4) is 0 Å². The molecule has 5 rings (SSSR count). The van der Waals surface area contributed by atoms with Crippen molar-refractivity contribution in [3.05, 3.63) is 81.9 Å². The van der Waals surface area contributed by atoms with Gasteiger partial charge in [-0.2, -0.15) is 0 Å². The fraction of sp³-hybridized carbons (Fsp3) is 0.387. The van der Waals surface area contributed by atoms with Gasteiger partial charge in [0.05, 0.1) is 0 Å². The smallest absolute Gasteiger partial charge is 0.261 e. The summed E-state index contributed by atoms with van der Waals surface area (Å²) in [6.45, 7) is 6.83. The number of aryl methyl sites for hydroxylation is 2. The monoisotopic (exact) mass is 482 g/mol. The summed E-state index contributed by atoms with van der Waals surface area (Å²) in [6.07, 6.45) is 5.20. The summed E-state index contributed by atoms with van der Waals surface area (Å²) in [5.74, 6) is 0.00383. The predicted octanol–water partition coefficient (Wildman–Crippen LogP) is 5.86. The maximum Gasteiger partial charge on any atom is 0.261 e. The van der Waals surface area contributed by atoms with E-state index in [1.807, 2.05) is 25.1 Å². The van der Waals surface area contributed by atoms with E-state index in [1.54, 1.807) is 12.1 Å². The quantitative estimate of drug-likeness (QED) is 0.448. The molecular weight excluding hydrogens is 448 g/mol. The zero-order valence-corrected chi connectivity index (χ0v) is 21.4. The van der Waals surface area contributed by atoms with Crippen molar-refractivity contribution < 1.29 is 14.4 Å². The third kappa shape index (κ3) is 4.32. The van der Waals surface area contributed by atoms with E-state index in [1.165, 1.54) is 16.0 Å². The molecule has 2 aliphatic rings. The number of amides is 3. The summed E-state index contributed by atoms with van der Waals surface area (Å²) in [7, 11) is 0. The summed E-state index contributed by atoms with van der Waals surface area (Å²) < 4.78 is 0. The minimum Gasteiger partial charge on any atom is -0.352 e. The van der Waals surface area contributed by atoms with Gasteiger partial charge in [-0.3, -0.25) is 19.3 Å². The first-order chi connectivity index (χ1) is 17.4. The molecule has 186 valence electrons. The molecule has 1 aliphatic carbocycles. The molecule has 0 unspecified atom stereocenters. The molecule has 3 aromatic carbocycles. The molecule has 36 heavy (non-hydrogen) atoms. The molecule has 0 spiro atoms. The molecule has 0 atom stereocenters. The summed E-state index contributed by atoms with van der Waals surface area (Å²) in [6, 6.07) is 15.5. The van der Waals surface area contributed by atoms with Gasteiger partial charge in [-0.15, -0.1) is 0 Å². The average molecular weight is 483 g/mol. The lowest BCUT2D eigenvalue weighted by atomic mass is 9.83. The van der Waals surface area contributed by atoms with E-state index in [0.717, 1.165) is 43.1 Å². The Bertz CT molecular complexity index is 1330. The average Bonchev–Trinajstić information content (AvgIpc) is 2.87. The number of carbonyl (C=O) groups excluding carboxylic acids is 3. The third-order valence-corrected chi connectivity index (χ3v) is 7.90. The zero-order chi connectivity index (χ0) is 25.4. The van der Waals surface area contributed by atoms with E-state index in [9.17, 15) is 14.4 Å². The van der Waals surface area contributed by atoms with Crippen LogP contribution in [0.15, 0.2) is 48.5 Å². The number of benzene rings is 3. The molecule has 5 nitrogen and oxygen atoms in total. The van der Waals surface area contributed by atoms with Crippen LogP contribution in [-0.4, -0.2) is 35.2 Å². The molecule has 0 saturated heterocycles. The second kappa shape index (κ2) is 9.88. The van der Waals surface area contributed by atoms with Gasteiger partial charge in [0.2, 0.25) is 0 Å². The molecule has 0 aromatic heterocycles. The maximum absolute atomic E-state index is 13.6. The molecular formula is C31H34N2O3. The fourth-order valence-electron chi connectivity index (χ4n) is 5.87. The van der Waals surface area contributed by atoms with Crippen molar-refractivity contribution in [2.45, 2.75) is 65.3 Å². The van der Waals surface area contributed by atoms with Gasteiger partial charge in [0.15, 0.2) is 0 Å². The molecule has 5 heteroatoms. The van der Waals surface area contributed by atoms with Crippen LogP contribution in [0.5, 0.6) is 0 Å². The number of rotatable bonds is 6. The van der Waals surface area contributed by atoms with Gasteiger partial charge in [0.25, 0.3) is 17.7 Å². The summed E-state index contributed by atoms with van der Waals surface area (Å²) in [4.78, 5) is 42.1. The van der Waals surface area contributed by atoms with E-state index in [0.29, 0.717) is 41.0 Å². The second-order valence-corrected chi connectivity index (χ2v) is 10.4. The largest absolute Gasteiger partial charge is 0.352 e. The van der Waals surface area contributed by atoms with Gasteiger partial charge >= 0.3 is 0 Å². The lowest BCUT2D eigenvalue weighted by Gasteiger charge is -2.37. The van der Waals surface area contributed by atoms with Gasteiger partial charge in [-0.1, -0.05) is 49.7 Å². The van der Waals surface area contributed by atoms with Crippen molar-refractivity contribution in [2.24, 2.45) is 5.92 Å². The summed E-state index contributed by atoms with van der Waals surface area (Å²) in [5.41, 5.74) is 4.93. The Morgan fingerprint density at radius 3 is 2.31 bits per heavy atom. The first-order valence-electron chi connectivity index (χ1n) is 13.2. The Labute approximate surface area is 212 Å². The van der Waals surface area contributed by atoms with E-state index in [4.69, 9.17) is 0 Å². The topological polar surface area (TPSA) is 66.5 Å². The van der Waals surface area contributed by atoms with Crippen LogP contribution in [0.1, 0.15) is 87.3 Å². The van der Waals surface area contributed by atoms with Crippen molar-refractivity contribution in [1.82, 2.24) is 10.2 Å². The fourth-order valence-corrected chi connectivity index (χ4v) is 5.87. The van der Waals surface area contributed by atoms with Crippen LogP contribution >= 0.6 is 0 Å². The minimum absolute atomic E-state index is 0.0557. The van der Waals surface area contributed by atoms with Crippen LogP contribution in [-0.2, 0) is 12.8 Å². The molecule has 3 aromatic rings. The van der Waals surface area contributed by atoms with Crippen LogP contribution in [0.4, 0.5) is 0 Å². The first kappa shape index (κ1) is 24.2. The van der Waals surface area contributed by atoms with Crippen LogP contribution in [0, 0.1) is 12.8 Å². The molecule has 0 radical (unpaired) electrons. The number of nitrogens with zero attached hydrogens (tertiary/aromatic N) is 1. The first-order valence-corrected chi connectivity index (χ1v) is 13.2. The standard InChI is InChI=1S/C31H34N2O3/c1-4-22-10-13-25-28-26(31(36)33(30(25)35)23-11-8-19(2)9-12-23)15-14-24(27(22)28)29(34)32-17-16-21-7-5-6-20(3)18-21/h5-7,10,13-15,18-19,23H,4,8-9,11-12,16-17H2,1-3H3,(H,32,34). The maximum atomic E-state index is 13.6. The normalized spacial score (nSPS) is 19.6. The summed E-state index contributed by atoms with van der Waals surface area (Å²) in [5, 5.41) is 4.42. The van der Waals surface area contributed by atoms with Crippen molar-refractivity contribution in [3.63, 3.8) is 0 Å². The van der Waals surface area contributed by atoms with E-state index in [2.05, 4.69) is 37.4 Å². The highest BCUT2D eigenvalue weighted by Gasteiger charge is 2.39. The highest BCUT2D eigenvalue weighted by Crippen LogP contribution is 2.38. The van der Waals surface area contributed by atoms with Crippen molar-refractivity contribution >= 4 is 28.5 Å². The molecule has 3 amide bonds. The van der Waals surface area contributed by atoms with Crippen LogP contribution < -0.4 is 5.32 Å². The molecule has 1 fully saturated rings. The van der Waals surface area contributed by atoms with Gasteiger partial charge in [0, 0.05) is 34.7 Å². The lowest BCUT2D eigenvalue weighted by molar-refractivity contribution is 0.0487. The number of nitrogens with one attached hydrogen (secondary N) is 1. The predicted molar refractivity (Wildman–Crippen MR) is 142 cm³/mol. The number of imide groups is 1. The molecule has 0 bridgehead atoms. The Morgan fingerprint density at radius 1 is 0.944 bits per heavy atom. The Balaban J connectivity index is 1.48. The zero-order valence-electron chi connectivity index (χ0n) is 21.4. The highest BCUT2D eigenvalue weighted by molar-refractivity contribution is 6.28. The van der Waals surface area contributed by atoms with Gasteiger partial charge in [-0.05, 0) is 86.1 Å². The Hall–Kier alpha value is -3.47. The minimum atomic E-state index is -0.225. The van der Waals surface area contributed by atoms with E-state index >= 15 is 0 Å². The number of hydrogen-bond acceptors (Lipinski definition) is 3. The molecule has 1 heterocycles. The van der Waals surface area contributed by atoms with Gasteiger partial charge < -0.3 is 5.32 Å². The number of hydrogen-bond donors (Lipinski definition) is 1. The summed E-state index contributed by atoms with van der Waals surface area (Å²) >= 11 is 0. The molecule has 1 aliphatic heterocycles. The van der Waals surface area contributed by atoms with Gasteiger partial charge in [-0.25, -0.2) is 0 Å².